The van der Waals surface area contributed by atoms with Crippen LogP contribution in [-0.4, -0.2) is 48.0 Å². The summed E-state index contributed by atoms with van der Waals surface area (Å²) in [5, 5.41) is 0. The minimum absolute atomic E-state index is 0.0150. The molecule has 0 bridgehead atoms. The molecule has 7 heteroatoms. The van der Waals surface area contributed by atoms with Gasteiger partial charge in [0, 0.05) is 24.8 Å². The van der Waals surface area contributed by atoms with Gasteiger partial charge in [-0.3, -0.25) is 0 Å². The smallest absolute Gasteiger partial charge is 0.463 e. The van der Waals surface area contributed by atoms with E-state index >= 15 is 0 Å². The van der Waals surface area contributed by atoms with Gasteiger partial charge in [-0.2, -0.15) is 0 Å². The van der Waals surface area contributed by atoms with E-state index in [9.17, 15) is 4.79 Å². The molecule has 3 heterocycles. The highest BCUT2D eigenvalue weighted by Gasteiger charge is 2.57. The summed E-state index contributed by atoms with van der Waals surface area (Å²) >= 11 is 0. The summed E-state index contributed by atoms with van der Waals surface area (Å²) in [6.07, 6.45) is 3.10. The van der Waals surface area contributed by atoms with Crippen molar-refractivity contribution in [3.05, 3.63) is 24.2 Å². The molecule has 0 saturated carbocycles. The van der Waals surface area contributed by atoms with E-state index in [1.165, 1.54) is 0 Å². The van der Waals surface area contributed by atoms with Crippen molar-refractivity contribution in [2.24, 2.45) is 0 Å². The van der Waals surface area contributed by atoms with Crippen LogP contribution in [0.2, 0.25) is 5.82 Å². The van der Waals surface area contributed by atoms with Crippen molar-refractivity contribution in [2.75, 3.05) is 13.1 Å². The van der Waals surface area contributed by atoms with Crippen LogP contribution in [0.3, 0.4) is 0 Å². The first-order chi connectivity index (χ1) is 11.9. The lowest BCUT2D eigenvalue weighted by atomic mass is 9.65. The van der Waals surface area contributed by atoms with E-state index in [2.05, 4.69) is 0 Å². The van der Waals surface area contributed by atoms with Crippen LogP contribution in [0.15, 0.2) is 23.0 Å². The lowest BCUT2D eigenvalue weighted by Crippen LogP contribution is -2.41. The second-order valence-electron chi connectivity index (χ2n) is 9.34. The monoisotopic (exact) mass is 363 g/mol. The van der Waals surface area contributed by atoms with Gasteiger partial charge in [0.15, 0.2) is 0 Å². The number of likely N-dealkylation sites (tertiary alicyclic amines) is 1. The highest BCUT2D eigenvalue weighted by Crippen LogP contribution is 2.47. The van der Waals surface area contributed by atoms with Crippen LogP contribution in [0.1, 0.15) is 59.9 Å². The summed E-state index contributed by atoms with van der Waals surface area (Å²) in [5.41, 5.74) is -0.281. The fraction of sp³-hybridized carbons (Fsp3) is 0.737. The number of hydrogen-bond donors (Lipinski definition) is 0. The van der Waals surface area contributed by atoms with E-state index in [1.54, 1.807) is 17.4 Å². The predicted molar refractivity (Wildman–Crippen MR) is 99.1 cm³/mol. The molecular formula is C19H30BNO5. The number of carbonyl (C=O) groups is 1. The Bertz CT molecular complexity index is 633. The summed E-state index contributed by atoms with van der Waals surface area (Å²) in [6.45, 7) is 14.9. The molecule has 2 aliphatic rings. The normalized spacial score (nSPS) is 27.8. The Labute approximate surface area is 156 Å². The Hall–Kier alpha value is -1.47. The molecule has 2 aliphatic heterocycles. The maximum Gasteiger partial charge on any atom is 0.463 e. The third kappa shape index (κ3) is 3.65. The number of nitrogens with zero attached hydrogens (tertiary/aromatic N) is 1. The van der Waals surface area contributed by atoms with E-state index < -0.39 is 16.8 Å². The molecule has 2 atom stereocenters. The largest absolute Gasteiger partial charge is 0.472 e. The summed E-state index contributed by atoms with van der Waals surface area (Å²) in [5.74, 6) is 0.0946. The molecule has 2 unspecified atom stereocenters. The fourth-order valence-corrected chi connectivity index (χ4v) is 3.48. The number of hydrogen-bond acceptors (Lipinski definition) is 5. The maximum absolute atomic E-state index is 12.6. The van der Waals surface area contributed by atoms with Crippen LogP contribution in [0.4, 0.5) is 4.79 Å². The van der Waals surface area contributed by atoms with Gasteiger partial charge in [0.1, 0.15) is 5.60 Å². The van der Waals surface area contributed by atoms with Crippen LogP contribution >= 0.6 is 0 Å². The first kappa shape index (κ1) is 19.3. The summed E-state index contributed by atoms with van der Waals surface area (Å²) in [7, 11) is -0.382. The van der Waals surface area contributed by atoms with Gasteiger partial charge in [0.05, 0.1) is 23.7 Å². The molecule has 0 N–H and O–H groups in total. The van der Waals surface area contributed by atoms with Crippen LogP contribution in [0.5, 0.6) is 0 Å². The summed E-state index contributed by atoms with van der Waals surface area (Å²) in [6, 6.07) is 1.95. The average molecular weight is 363 g/mol. The topological polar surface area (TPSA) is 61.1 Å². The van der Waals surface area contributed by atoms with E-state index in [1.807, 2.05) is 54.5 Å². The van der Waals surface area contributed by atoms with Crippen molar-refractivity contribution >= 4 is 13.2 Å². The number of furan rings is 1. The Balaban J connectivity index is 1.82. The van der Waals surface area contributed by atoms with E-state index in [0.29, 0.717) is 13.1 Å². The Morgan fingerprint density at radius 3 is 2.31 bits per heavy atom. The lowest BCUT2D eigenvalue weighted by molar-refractivity contribution is 0.00578. The Kier molecular flexibility index (Phi) is 4.68. The van der Waals surface area contributed by atoms with Crippen LogP contribution in [-0.2, 0) is 14.0 Å². The second-order valence-corrected chi connectivity index (χ2v) is 9.34. The molecule has 0 aliphatic carbocycles. The van der Waals surface area contributed by atoms with Crippen molar-refractivity contribution in [2.45, 2.75) is 77.0 Å². The zero-order valence-corrected chi connectivity index (χ0v) is 16.9. The molecule has 2 fully saturated rings. The van der Waals surface area contributed by atoms with Crippen molar-refractivity contribution in [3.63, 3.8) is 0 Å². The van der Waals surface area contributed by atoms with Crippen LogP contribution in [0.25, 0.3) is 0 Å². The molecular weight excluding hydrogens is 333 g/mol. The van der Waals surface area contributed by atoms with Gasteiger partial charge in [-0.1, -0.05) is 0 Å². The van der Waals surface area contributed by atoms with Crippen LogP contribution in [0, 0.1) is 0 Å². The number of amides is 1. The molecule has 1 amide bonds. The fourth-order valence-electron chi connectivity index (χ4n) is 3.48. The summed E-state index contributed by atoms with van der Waals surface area (Å²) < 4.78 is 23.4. The second kappa shape index (κ2) is 6.31. The molecule has 0 radical (unpaired) electrons. The van der Waals surface area contributed by atoms with Crippen molar-refractivity contribution in [3.8, 4) is 0 Å². The number of ether oxygens (including phenoxy) is 1. The van der Waals surface area contributed by atoms with Gasteiger partial charge in [0.25, 0.3) is 0 Å². The first-order valence-corrected chi connectivity index (χ1v) is 9.25. The summed E-state index contributed by atoms with van der Waals surface area (Å²) in [4.78, 5) is 14.3. The highest BCUT2D eigenvalue weighted by molar-refractivity contribution is 6.48. The van der Waals surface area contributed by atoms with Gasteiger partial charge in [0.2, 0.25) is 0 Å². The van der Waals surface area contributed by atoms with Crippen molar-refractivity contribution in [1.82, 2.24) is 4.90 Å². The van der Waals surface area contributed by atoms with E-state index in [4.69, 9.17) is 18.5 Å². The number of rotatable bonds is 2. The van der Waals surface area contributed by atoms with Gasteiger partial charge < -0.3 is 23.4 Å². The maximum atomic E-state index is 12.6. The third-order valence-corrected chi connectivity index (χ3v) is 5.61. The Morgan fingerprint density at radius 2 is 1.81 bits per heavy atom. The molecule has 3 rings (SSSR count). The third-order valence-electron chi connectivity index (χ3n) is 5.61. The van der Waals surface area contributed by atoms with Gasteiger partial charge in [-0.15, -0.1) is 0 Å². The Morgan fingerprint density at radius 1 is 1.19 bits per heavy atom. The van der Waals surface area contributed by atoms with Crippen molar-refractivity contribution < 1.29 is 23.3 Å². The molecule has 1 aromatic rings. The lowest BCUT2D eigenvalue weighted by Gasteiger charge is -2.32. The zero-order valence-electron chi connectivity index (χ0n) is 16.9. The molecule has 2 saturated heterocycles. The van der Waals surface area contributed by atoms with Gasteiger partial charge in [-0.05, 0) is 60.1 Å². The standard InChI is InChI=1S/C19H30BNO5/c1-17(2,3)24-16(22)21-10-14(13-8-9-23-12-13)15(11-21)20-25-18(4,5)19(6,7)26-20/h8-9,12,14-15H,10-11H2,1-7H3. The van der Waals surface area contributed by atoms with E-state index in [-0.39, 0.29) is 24.9 Å². The minimum atomic E-state index is -0.523. The molecule has 1 aromatic heterocycles. The molecule has 0 spiro atoms. The zero-order chi connectivity index (χ0) is 19.3. The van der Waals surface area contributed by atoms with Crippen LogP contribution < -0.4 is 0 Å². The number of carbonyl (C=O) groups excluding carboxylic acids is 1. The van der Waals surface area contributed by atoms with Gasteiger partial charge in [-0.25, -0.2) is 4.79 Å². The van der Waals surface area contributed by atoms with Gasteiger partial charge >= 0.3 is 13.2 Å². The highest BCUT2D eigenvalue weighted by atomic mass is 16.7. The first-order valence-electron chi connectivity index (χ1n) is 9.25. The predicted octanol–water partition coefficient (Wildman–Crippen LogP) is 4.08. The van der Waals surface area contributed by atoms with Crippen molar-refractivity contribution in [1.29, 1.82) is 0 Å². The quantitative estimate of drug-likeness (QED) is 0.741. The van der Waals surface area contributed by atoms with E-state index in [0.717, 1.165) is 5.56 Å². The average Bonchev–Trinajstić information content (AvgIpc) is 3.16. The molecule has 6 nitrogen and oxygen atoms in total. The molecule has 0 aromatic carbocycles. The molecule has 26 heavy (non-hydrogen) atoms. The molecule has 144 valence electrons. The SMILES string of the molecule is CC(C)(C)OC(=O)N1CC(B2OC(C)(C)C(C)(C)O2)C(c2ccoc2)C1. The minimum Gasteiger partial charge on any atom is -0.472 e.